The number of hydrogen-bond acceptors (Lipinski definition) is 4. The van der Waals surface area contributed by atoms with E-state index in [1.165, 1.54) is 24.8 Å². The van der Waals surface area contributed by atoms with Crippen molar-refractivity contribution in [2.45, 2.75) is 70.6 Å². The van der Waals surface area contributed by atoms with Crippen LogP contribution in [0.2, 0.25) is 0 Å². The second kappa shape index (κ2) is 18.3. The van der Waals surface area contributed by atoms with E-state index in [1.54, 1.807) is 7.11 Å². The van der Waals surface area contributed by atoms with Gasteiger partial charge in [-0.2, -0.15) is 0 Å². The van der Waals surface area contributed by atoms with Gasteiger partial charge in [-0.3, -0.25) is 14.4 Å². The first-order valence-electron chi connectivity index (χ1n) is 16.5. The molecule has 0 spiro atoms. The molecule has 0 bridgehead atoms. The number of benzene rings is 4. The number of aryl methyl sites for hydroxylation is 3. The van der Waals surface area contributed by atoms with Crippen molar-refractivity contribution in [3.63, 3.8) is 0 Å². The van der Waals surface area contributed by atoms with Crippen molar-refractivity contribution in [2.24, 2.45) is 0 Å². The van der Waals surface area contributed by atoms with E-state index in [9.17, 15) is 24.6 Å². The van der Waals surface area contributed by atoms with Crippen LogP contribution in [0.5, 0.6) is 5.75 Å². The molecule has 0 aliphatic rings. The number of carbonyl (C=O) groups is 3. The van der Waals surface area contributed by atoms with Crippen molar-refractivity contribution in [3.05, 3.63) is 113 Å². The van der Waals surface area contributed by atoms with Crippen LogP contribution in [0.25, 0.3) is 22.3 Å². The lowest BCUT2D eigenvalue weighted by Crippen LogP contribution is -2.24. The monoisotopic (exact) mass is 635 g/mol. The highest BCUT2D eigenvalue weighted by Crippen LogP contribution is 2.41. The molecule has 0 atom stereocenters. The summed E-state index contributed by atoms with van der Waals surface area (Å²) in [6.45, 7) is 0.578. The van der Waals surface area contributed by atoms with Gasteiger partial charge in [-0.1, -0.05) is 105 Å². The molecule has 0 aliphatic carbocycles. The van der Waals surface area contributed by atoms with Crippen LogP contribution in [0.15, 0.2) is 91.0 Å². The lowest BCUT2D eigenvalue weighted by Gasteiger charge is -2.18. The van der Waals surface area contributed by atoms with Gasteiger partial charge in [0.2, 0.25) is 0 Å². The minimum atomic E-state index is -0.861. The third kappa shape index (κ3) is 11.1. The number of carbonyl (C=O) groups excluding carboxylic acids is 1. The number of aliphatic carboxylic acids is 2. The second-order valence-electron chi connectivity index (χ2n) is 11.9. The normalized spacial score (nSPS) is 10.8. The maximum atomic E-state index is 13.5. The van der Waals surface area contributed by atoms with Gasteiger partial charge in [-0.15, -0.1) is 0 Å². The summed E-state index contributed by atoms with van der Waals surface area (Å²) < 4.78 is 5.95. The molecule has 4 aromatic carbocycles. The third-order valence-electron chi connectivity index (χ3n) is 8.31. The van der Waals surface area contributed by atoms with Gasteiger partial charge in [0.05, 0.1) is 7.11 Å². The van der Waals surface area contributed by atoms with E-state index in [0.29, 0.717) is 30.7 Å². The van der Waals surface area contributed by atoms with Crippen molar-refractivity contribution in [2.75, 3.05) is 13.7 Å². The Morgan fingerprint density at radius 1 is 0.596 bits per heavy atom. The molecule has 47 heavy (non-hydrogen) atoms. The third-order valence-corrected chi connectivity index (χ3v) is 8.31. The van der Waals surface area contributed by atoms with Crippen LogP contribution in [0.1, 0.15) is 78.4 Å². The van der Waals surface area contributed by atoms with E-state index in [-0.39, 0.29) is 18.7 Å². The minimum absolute atomic E-state index is 0.0190. The van der Waals surface area contributed by atoms with E-state index < -0.39 is 11.9 Å². The molecule has 4 rings (SSSR count). The average molecular weight is 636 g/mol. The van der Waals surface area contributed by atoms with Gasteiger partial charge in [0.15, 0.2) is 0 Å². The van der Waals surface area contributed by atoms with Gasteiger partial charge >= 0.3 is 11.9 Å². The van der Waals surface area contributed by atoms with E-state index in [1.807, 2.05) is 66.7 Å². The van der Waals surface area contributed by atoms with Crippen LogP contribution < -0.4 is 10.1 Å². The average Bonchev–Trinajstić information content (AvgIpc) is 3.09. The van der Waals surface area contributed by atoms with Crippen molar-refractivity contribution >= 4 is 17.8 Å². The summed E-state index contributed by atoms with van der Waals surface area (Å²) in [6, 6.07) is 29.5. The molecule has 7 nitrogen and oxygen atoms in total. The van der Waals surface area contributed by atoms with Crippen LogP contribution in [0.3, 0.4) is 0 Å². The summed E-state index contributed by atoms with van der Waals surface area (Å²) in [5, 5.41) is 21.5. The number of rotatable bonds is 19. The topological polar surface area (TPSA) is 113 Å². The maximum Gasteiger partial charge on any atom is 0.303 e. The largest absolute Gasteiger partial charge is 0.495 e. The second-order valence-corrected chi connectivity index (χ2v) is 11.9. The molecule has 0 radical (unpaired) electrons. The van der Waals surface area contributed by atoms with Crippen molar-refractivity contribution in [1.82, 2.24) is 5.32 Å². The lowest BCUT2D eigenvalue weighted by molar-refractivity contribution is -0.138. The smallest absolute Gasteiger partial charge is 0.303 e. The number of amides is 1. The Labute approximate surface area is 277 Å². The standard InChI is InChI=1S/C40H45NO6/c1-47-39-35(32-18-11-16-30(25-32)20-22-37(42)43)27-34(28-36(39)33-19-12-17-31(26-33)21-23-38(44)45)40(46)41-24-10-5-3-2-4-7-13-29-14-8-6-9-15-29/h6,8-9,11-12,14-19,25-28H,2-5,7,10,13,20-24H2,1H3,(H,41,46)(H,42,43)(H,44,45). The summed E-state index contributed by atoms with van der Waals surface area (Å²) in [5.41, 5.74) is 6.70. The Balaban J connectivity index is 1.48. The molecule has 246 valence electrons. The molecule has 7 heteroatoms. The summed E-state index contributed by atoms with van der Waals surface area (Å²) in [4.78, 5) is 35.9. The first-order chi connectivity index (χ1) is 22.8. The Hall–Kier alpha value is -4.91. The molecule has 0 heterocycles. The summed E-state index contributed by atoms with van der Waals surface area (Å²) in [6.07, 6.45) is 8.59. The number of unbranched alkanes of at least 4 members (excludes halogenated alkanes) is 5. The fourth-order valence-corrected chi connectivity index (χ4v) is 5.81. The van der Waals surface area contributed by atoms with Crippen molar-refractivity contribution in [1.29, 1.82) is 0 Å². The molecular weight excluding hydrogens is 590 g/mol. The predicted molar refractivity (Wildman–Crippen MR) is 186 cm³/mol. The molecule has 0 aliphatic heterocycles. The van der Waals surface area contributed by atoms with E-state index in [2.05, 4.69) is 29.6 Å². The van der Waals surface area contributed by atoms with E-state index >= 15 is 0 Å². The van der Waals surface area contributed by atoms with Gasteiger partial charge in [-0.05, 0) is 72.1 Å². The molecule has 4 aromatic rings. The Bertz CT molecular complexity index is 1550. The zero-order valence-electron chi connectivity index (χ0n) is 27.2. The van der Waals surface area contributed by atoms with Crippen molar-refractivity contribution < 1.29 is 29.3 Å². The molecule has 0 unspecified atom stereocenters. The van der Waals surface area contributed by atoms with E-state index in [0.717, 1.165) is 59.1 Å². The van der Waals surface area contributed by atoms with Crippen LogP contribution in [0, 0.1) is 0 Å². The molecule has 1 amide bonds. The van der Waals surface area contributed by atoms with Crippen LogP contribution in [-0.2, 0) is 28.9 Å². The van der Waals surface area contributed by atoms with Gasteiger partial charge in [0.25, 0.3) is 5.91 Å². The molecular formula is C40H45NO6. The molecule has 0 saturated carbocycles. The summed E-state index contributed by atoms with van der Waals surface area (Å²) in [7, 11) is 1.59. The molecule has 3 N–H and O–H groups in total. The lowest BCUT2D eigenvalue weighted by atomic mass is 9.92. The number of carboxylic acid groups (broad SMARTS) is 2. The number of nitrogens with one attached hydrogen (secondary N) is 1. The number of hydrogen-bond donors (Lipinski definition) is 3. The van der Waals surface area contributed by atoms with Crippen molar-refractivity contribution in [3.8, 4) is 28.0 Å². The minimum Gasteiger partial charge on any atom is -0.495 e. The van der Waals surface area contributed by atoms with E-state index in [4.69, 9.17) is 4.74 Å². The zero-order chi connectivity index (χ0) is 33.4. The van der Waals surface area contributed by atoms with Gasteiger partial charge < -0.3 is 20.3 Å². The number of ether oxygens (including phenoxy) is 1. The fourth-order valence-electron chi connectivity index (χ4n) is 5.81. The maximum absolute atomic E-state index is 13.5. The number of carboxylic acids is 2. The SMILES string of the molecule is COc1c(-c2cccc(CCC(=O)O)c2)cc(C(=O)NCCCCCCCCc2ccccc2)cc1-c1cccc(CCC(=O)O)c1. The van der Waals surface area contributed by atoms with Gasteiger partial charge in [0.1, 0.15) is 5.75 Å². The highest BCUT2D eigenvalue weighted by atomic mass is 16.5. The Morgan fingerprint density at radius 3 is 1.64 bits per heavy atom. The fraction of sp³-hybridized carbons (Fsp3) is 0.325. The quantitative estimate of drug-likeness (QED) is 0.0893. The zero-order valence-corrected chi connectivity index (χ0v) is 27.2. The number of methoxy groups -OCH3 is 1. The summed E-state index contributed by atoms with van der Waals surface area (Å²) in [5.74, 6) is -1.32. The van der Waals surface area contributed by atoms with Crippen LogP contribution in [0.4, 0.5) is 0 Å². The highest BCUT2D eigenvalue weighted by molar-refractivity contribution is 5.99. The Kier molecular flexibility index (Phi) is 13.6. The predicted octanol–water partition coefficient (Wildman–Crippen LogP) is 8.38. The highest BCUT2D eigenvalue weighted by Gasteiger charge is 2.19. The summed E-state index contributed by atoms with van der Waals surface area (Å²) >= 11 is 0. The van der Waals surface area contributed by atoms with Gasteiger partial charge in [-0.25, -0.2) is 0 Å². The van der Waals surface area contributed by atoms with Gasteiger partial charge in [0, 0.05) is 36.1 Å². The Morgan fingerprint density at radius 2 is 1.11 bits per heavy atom. The molecule has 0 saturated heterocycles. The molecule has 0 fully saturated rings. The van der Waals surface area contributed by atoms with Crippen LogP contribution in [-0.4, -0.2) is 41.7 Å². The first-order valence-corrected chi connectivity index (χ1v) is 16.5. The first kappa shape index (κ1) is 35.0. The van der Waals surface area contributed by atoms with Crippen LogP contribution >= 0.6 is 0 Å². The molecule has 0 aromatic heterocycles.